The van der Waals surface area contributed by atoms with Crippen molar-refractivity contribution in [3.05, 3.63) is 22.8 Å². The first kappa shape index (κ1) is 15.7. The van der Waals surface area contributed by atoms with Crippen molar-refractivity contribution in [2.75, 3.05) is 23.5 Å². The standard InChI is InChI=1S/C10H15ClN4O3S/c1-2-19(17,18)6-5-13-10(16)9-7(11)3-4-8(14-9)15-12/h3-4H,2,5-6,12H2,1H3,(H,13,16)(H,14,15). The third-order valence-corrected chi connectivity index (χ3v) is 4.36. The molecule has 0 radical (unpaired) electrons. The summed E-state index contributed by atoms with van der Waals surface area (Å²) in [6.07, 6.45) is 0. The number of halogens is 1. The summed E-state index contributed by atoms with van der Waals surface area (Å²) in [6.45, 7) is 1.55. The molecule has 0 aliphatic rings. The molecular formula is C10H15ClN4O3S. The van der Waals surface area contributed by atoms with Crippen LogP contribution in [-0.4, -0.2) is 37.4 Å². The Labute approximate surface area is 116 Å². The molecule has 1 aromatic rings. The average molecular weight is 307 g/mol. The molecule has 0 saturated heterocycles. The molecule has 9 heteroatoms. The monoisotopic (exact) mass is 306 g/mol. The van der Waals surface area contributed by atoms with Crippen molar-refractivity contribution < 1.29 is 13.2 Å². The number of carbonyl (C=O) groups is 1. The Kier molecular flexibility index (Phi) is 5.52. The van der Waals surface area contributed by atoms with Crippen molar-refractivity contribution in [1.29, 1.82) is 0 Å². The van der Waals surface area contributed by atoms with Crippen LogP contribution in [0.3, 0.4) is 0 Å². The molecule has 0 aromatic carbocycles. The number of nitrogens with one attached hydrogen (secondary N) is 2. The second kappa shape index (κ2) is 6.69. The van der Waals surface area contributed by atoms with Crippen molar-refractivity contribution in [3.63, 3.8) is 0 Å². The minimum absolute atomic E-state index is 0.00724. The van der Waals surface area contributed by atoms with Crippen LogP contribution in [0.15, 0.2) is 12.1 Å². The molecule has 106 valence electrons. The largest absolute Gasteiger partial charge is 0.350 e. The van der Waals surface area contributed by atoms with Gasteiger partial charge in [-0.1, -0.05) is 18.5 Å². The van der Waals surface area contributed by atoms with E-state index in [2.05, 4.69) is 15.7 Å². The van der Waals surface area contributed by atoms with Gasteiger partial charge in [0.15, 0.2) is 9.84 Å². The quantitative estimate of drug-likeness (QED) is 0.510. The van der Waals surface area contributed by atoms with E-state index in [0.717, 1.165) is 0 Å². The number of amides is 1. The van der Waals surface area contributed by atoms with Crippen LogP contribution in [0.4, 0.5) is 5.82 Å². The normalized spacial score (nSPS) is 11.1. The number of hydrogen-bond donors (Lipinski definition) is 3. The summed E-state index contributed by atoms with van der Waals surface area (Å²) < 4.78 is 22.5. The highest BCUT2D eigenvalue weighted by molar-refractivity contribution is 7.91. The molecule has 0 saturated carbocycles. The maximum Gasteiger partial charge on any atom is 0.271 e. The van der Waals surface area contributed by atoms with Crippen LogP contribution in [0, 0.1) is 0 Å². The van der Waals surface area contributed by atoms with Gasteiger partial charge in [-0.15, -0.1) is 0 Å². The number of pyridine rings is 1. The fourth-order valence-electron chi connectivity index (χ4n) is 1.23. The zero-order valence-electron chi connectivity index (χ0n) is 10.3. The zero-order chi connectivity index (χ0) is 14.5. The first-order valence-electron chi connectivity index (χ1n) is 5.51. The second-order valence-corrected chi connectivity index (χ2v) is 6.54. The highest BCUT2D eigenvalue weighted by Crippen LogP contribution is 2.15. The van der Waals surface area contributed by atoms with Crippen LogP contribution in [0.5, 0.6) is 0 Å². The summed E-state index contributed by atoms with van der Waals surface area (Å²) in [6, 6.07) is 2.99. The first-order valence-corrected chi connectivity index (χ1v) is 7.71. The Hall–Kier alpha value is -1.38. The van der Waals surface area contributed by atoms with Crippen molar-refractivity contribution in [1.82, 2.24) is 10.3 Å². The Bertz CT molecular complexity index is 562. The predicted molar refractivity (Wildman–Crippen MR) is 73.7 cm³/mol. The van der Waals surface area contributed by atoms with E-state index in [9.17, 15) is 13.2 Å². The highest BCUT2D eigenvalue weighted by Gasteiger charge is 2.14. The number of aromatic nitrogens is 1. The molecule has 7 nitrogen and oxygen atoms in total. The molecule has 1 rings (SSSR count). The van der Waals surface area contributed by atoms with Crippen LogP contribution < -0.4 is 16.6 Å². The SMILES string of the molecule is CCS(=O)(=O)CCNC(=O)c1nc(NN)ccc1Cl. The zero-order valence-corrected chi connectivity index (χ0v) is 11.9. The van der Waals surface area contributed by atoms with Crippen molar-refractivity contribution in [2.45, 2.75) is 6.92 Å². The van der Waals surface area contributed by atoms with E-state index in [1.54, 1.807) is 6.92 Å². The van der Waals surface area contributed by atoms with Gasteiger partial charge in [0.1, 0.15) is 11.5 Å². The summed E-state index contributed by atoms with van der Waals surface area (Å²) in [5, 5.41) is 2.61. The van der Waals surface area contributed by atoms with Crippen LogP contribution in [0.1, 0.15) is 17.4 Å². The van der Waals surface area contributed by atoms with Crippen molar-refractivity contribution in [2.24, 2.45) is 5.84 Å². The summed E-state index contributed by atoms with van der Waals surface area (Å²) in [5.41, 5.74) is 2.28. The van der Waals surface area contributed by atoms with E-state index in [-0.39, 0.29) is 34.6 Å². The van der Waals surface area contributed by atoms with E-state index in [1.165, 1.54) is 12.1 Å². The highest BCUT2D eigenvalue weighted by atomic mass is 35.5. The second-order valence-electron chi connectivity index (χ2n) is 3.66. The average Bonchev–Trinajstić information content (AvgIpc) is 2.39. The van der Waals surface area contributed by atoms with Gasteiger partial charge in [0, 0.05) is 12.3 Å². The lowest BCUT2D eigenvalue weighted by Gasteiger charge is -2.07. The summed E-state index contributed by atoms with van der Waals surface area (Å²) in [5.74, 6) is 4.83. The smallest absolute Gasteiger partial charge is 0.271 e. The predicted octanol–water partition coefficient (Wildman–Crippen LogP) is 0.185. The van der Waals surface area contributed by atoms with Crippen molar-refractivity contribution >= 4 is 33.2 Å². The van der Waals surface area contributed by atoms with Crippen LogP contribution in [0.2, 0.25) is 5.02 Å². The molecule has 0 bridgehead atoms. The molecule has 1 heterocycles. The van der Waals surface area contributed by atoms with Gasteiger partial charge < -0.3 is 10.7 Å². The number of nitrogens with two attached hydrogens (primary N) is 1. The number of rotatable bonds is 6. The summed E-state index contributed by atoms with van der Waals surface area (Å²) >= 11 is 5.83. The maximum absolute atomic E-state index is 11.8. The maximum atomic E-state index is 11.8. The first-order chi connectivity index (χ1) is 8.89. The number of carbonyl (C=O) groups excluding carboxylic acids is 1. The van der Waals surface area contributed by atoms with E-state index in [1.807, 2.05) is 0 Å². The van der Waals surface area contributed by atoms with Crippen LogP contribution in [-0.2, 0) is 9.84 Å². The number of sulfone groups is 1. The van der Waals surface area contributed by atoms with Crippen molar-refractivity contribution in [3.8, 4) is 0 Å². The molecule has 0 spiro atoms. The Morgan fingerprint density at radius 2 is 2.16 bits per heavy atom. The molecule has 4 N–H and O–H groups in total. The minimum atomic E-state index is -3.12. The van der Waals surface area contributed by atoms with Gasteiger partial charge in [-0.25, -0.2) is 19.2 Å². The van der Waals surface area contributed by atoms with E-state index < -0.39 is 15.7 Å². The number of hydrogen-bond acceptors (Lipinski definition) is 6. The number of anilines is 1. The molecule has 0 atom stereocenters. The molecule has 0 fully saturated rings. The molecule has 0 aliphatic heterocycles. The minimum Gasteiger partial charge on any atom is -0.350 e. The molecule has 1 aromatic heterocycles. The Balaban J connectivity index is 2.68. The molecule has 19 heavy (non-hydrogen) atoms. The van der Waals surface area contributed by atoms with E-state index in [4.69, 9.17) is 17.4 Å². The lowest BCUT2D eigenvalue weighted by atomic mass is 10.3. The Morgan fingerprint density at radius 3 is 2.74 bits per heavy atom. The van der Waals surface area contributed by atoms with E-state index >= 15 is 0 Å². The number of hydrazine groups is 1. The third kappa shape index (κ3) is 4.66. The third-order valence-electron chi connectivity index (χ3n) is 2.35. The van der Waals surface area contributed by atoms with Gasteiger partial charge in [-0.05, 0) is 12.1 Å². The molecule has 0 unspecified atom stereocenters. The Morgan fingerprint density at radius 1 is 1.47 bits per heavy atom. The topological polar surface area (TPSA) is 114 Å². The molecule has 1 amide bonds. The van der Waals surface area contributed by atoms with Gasteiger partial charge in [-0.2, -0.15) is 0 Å². The fraction of sp³-hybridized carbons (Fsp3) is 0.400. The number of nitrogens with zero attached hydrogens (tertiary/aromatic N) is 1. The van der Waals surface area contributed by atoms with Gasteiger partial charge >= 0.3 is 0 Å². The summed E-state index contributed by atoms with van der Waals surface area (Å²) in [4.78, 5) is 15.7. The van der Waals surface area contributed by atoms with Gasteiger partial charge in [-0.3, -0.25) is 4.79 Å². The van der Waals surface area contributed by atoms with Gasteiger partial charge in [0.2, 0.25) is 0 Å². The fourth-order valence-corrected chi connectivity index (χ4v) is 2.12. The van der Waals surface area contributed by atoms with Gasteiger partial charge in [0.25, 0.3) is 5.91 Å². The molecule has 0 aliphatic carbocycles. The van der Waals surface area contributed by atoms with Crippen LogP contribution in [0.25, 0.3) is 0 Å². The van der Waals surface area contributed by atoms with Gasteiger partial charge in [0.05, 0.1) is 10.8 Å². The number of nitrogen functional groups attached to an aromatic ring is 1. The molecular weight excluding hydrogens is 292 g/mol. The lowest BCUT2D eigenvalue weighted by Crippen LogP contribution is -2.30. The van der Waals surface area contributed by atoms with Crippen LogP contribution >= 0.6 is 11.6 Å². The summed E-state index contributed by atoms with van der Waals surface area (Å²) in [7, 11) is -3.12. The lowest BCUT2D eigenvalue weighted by molar-refractivity contribution is 0.0951. The van der Waals surface area contributed by atoms with E-state index in [0.29, 0.717) is 0 Å².